The molecule has 0 saturated carbocycles. The number of anilines is 5. The Morgan fingerprint density at radius 1 is 0.571 bits per heavy atom. The van der Waals surface area contributed by atoms with Crippen LogP contribution in [0.2, 0.25) is 0 Å². The first-order valence-electron chi connectivity index (χ1n) is 10.7. The second-order valence-electron chi connectivity index (χ2n) is 7.66. The lowest BCUT2D eigenvalue weighted by atomic mass is 10.2. The quantitative estimate of drug-likeness (QED) is 0.211. The molecule has 0 unspecified atom stereocenters. The van der Waals surface area contributed by atoms with Gasteiger partial charge >= 0.3 is 0 Å². The SMILES string of the molecule is O=S(=O)(Nc1nc2ccccc2nc1Nc1ccc(Nc2ccccc2)cc1)c1ccc(Br)cc1. The summed E-state index contributed by atoms with van der Waals surface area (Å²) in [6, 6.07) is 31.2. The fourth-order valence-corrected chi connectivity index (χ4v) is 4.69. The van der Waals surface area contributed by atoms with Gasteiger partial charge in [0.05, 0.1) is 15.9 Å². The Kier molecular flexibility index (Phi) is 6.35. The maximum atomic E-state index is 13.0. The largest absolute Gasteiger partial charge is 0.356 e. The first-order valence-corrected chi connectivity index (χ1v) is 13.0. The summed E-state index contributed by atoms with van der Waals surface area (Å²) in [6.07, 6.45) is 0. The van der Waals surface area contributed by atoms with Gasteiger partial charge in [0.25, 0.3) is 10.0 Å². The highest BCUT2D eigenvalue weighted by molar-refractivity contribution is 9.10. The van der Waals surface area contributed by atoms with Gasteiger partial charge in [-0.3, -0.25) is 4.72 Å². The van der Waals surface area contributed by atoms with Crippen molar-refractivity contribution in [3.8, 4) is 0 Å². The summed E-state index contributed by atoms with van der Waals surface area (Å²) < 4.78 is 29.5. The van der Waals surface area contributed by atoms with E-state index in [1.807, 2.05) is 72.8 Å². The van der Waals surface area contributed by atoms with Crippen LogP contribution in [0, 0.1) is 0 Å². The highest BCUT2D eigenvalue weighted by Crippen LogP contribution is 2.28. The molecule has 0 spiro atoms. The zero-order valence-corrected chi connectivity index (χ0v) is 20.7. The van der Waals surface area contributed by atoms with Crippen molar-refractivity contribution in [1.82, 2.24) is 9.97 Å². The first-order chi connectivity index (χ1) is 17.0. The van der Waals surface area contributed by atoms with E-state index in [4.69, 9.17) is 0 Å². The number of sulfonamides is 1. The van der Waals surface area contributed by atoms with Crippen LogP contribution in [0.3, 0.4) is 0 Å². The lowest BCUT2D eigenvalue weighted by Crippen LogP contribution is -2.16. The average molecular weight is 546 g/mol. The molecule has 7 nitrogen and oxygen atoms in total. The van der Waals surface area contributed by atoms with Gasteiger partial charge in [0.1, 0.15) is 0 Å². The van der Waals surface area contributed by atoms with Crippen molar-refractivity contribution in [3.63, 3.8) is 0 Å². The second-order valence-corrected chi connectivity index (χ2v) is 10.3. The van der Waals surface area contributed by atoms with E-state index in [1.165, 1.54) is 12.1 Å². The molecule has 9 heteroatoms. The van der Waals surface area contributed by atoms with E-state index in [-0.39, 0.29) is 10.7 Å². The van der Waals surface area contributed by atoms with Gasteiger partial charge in [-0.1, -0.05) is 46.3 Å². The van der Waals surface area contributed by atoms with Crippen LogP contribution in [0.5, 0.6) is 0 Å². The van der Waals surface area contributed by atoms with Crippen LogP contribution in [0.15, 0.2) is 112 Å². The molecule has 0 radical (unpaired) electrons. The third-order valence-electron chi connectivity index (χ3n) is 5.14. The Morgan fingerprint density at radius 2 is 1.09 bits per heavy atom. The number of benzene rings is 4. The third kappa shape index (κ3) is 5.42. The highest BCUT2D eigenvalue weighted by atomic mass is 79.9. The van der Waals surface area contributed by atoms with E-state index in [9.17, 15) is 8.42 Å². The van der Waals surface area contributed by atoms with E-state index in [2.05, 4.69) is 41.3 Å². The third-order valence-corrected chi connectivity index (χ3v) is 7.02. The van der Waals surface area contributed by atoms with E-state index in [1.54, 1.807) is 18.2 Å². The minimum absolute atomic E-state index is 0.109. The Hall–Kier alpha value is -3.95. The number of halogens is 1. The minimum atomic E-state index is -3.88. The van der Waals surface area contributed by atoms with Crippen LogP contribution in [0.1, 0.15) is 0 Å². The summed E-state index contributed by atoms with van der Waals surface area (Å²) in [7, 11) is -3.88. The van der Waals surface area contributed by atoms with Gasteiger partial charge in [-0.2, -0.15) is 0 Å². The topological polar surface area (TPSA) is 96.0 Å². The average Bonchev–Trinajstić information content (AvgIpc) is 2.86. The number of fused-ring (bicyclic) bond motifs is 1. The van der Waals surface area contributed by atoms with E-state index < -0.39 is 10.0 Å². The molecule has 35 heavy (non-hydrogen) atoms. The maximum absolute atomic E-state index is 13.0. The van der Waals surface area contributed by atoms with Crippen LogP contribution in [0.4, 0.5) is 28.7 Å². The van der Waals surface area contributed by atoms with Crippen molar-refractivity contribution in [2.75, 3.05) is 15.4 Å². The summed E-state index contributed by atoms with van der Waals surface area (Å²) in [5, 5.41) is 6.54. The number of rotatable bonds is 7. The zero-order valence-electron chi connectivity index (χ0n) is 18.3. The molecular weight excluding hydrogens is 526 g/mol. The summed E-state index contributed by atoms with van der Waals surface area (Å²) >= 11 is 3.33. The molecule has 0 aliphatic heterocycles. The number of aromatic nitrogens is 2. The summed E-state index contributed by atoms with van der Waals surface area (Å²) in [6.45, 7) is 0. The van der Waals surface area contributed by atoms with Gasteiger partial charge in [-0.15, -0.1) is 0 Å². The van der Waals surface area contributed by atoms with Gasteiger partial charge in [0, 0.05) is 21.5 Å². The van der Waals surface area contributed by atoms with Gasteiger partial charge < -0.3 is 10.6 Å². The smallest absolute Gasteiger partial charge is 0.263 e. The molecule has 0 aliphatic rings. The summed E-state index contributed by atoms with van der Waals surface area (Å²) in [5.41, 5.74) is 3.86. The molecule has 0 saturated heterocycles. The van der Waals surface area contributed by atoms with Crippen molar-refractivity contribution >= 4 is 65.7 Å². The fourth-order valence-electron chi connectivity index (χ4n) is 3.42. The predicted octanol–water partition coefficient (Wildman–Crippen LogP) is 6.68. The standard InChI is InChI=1S/C26H20BrN5O2S/c27-18-10-16-22(17-11-18)35(33,34)32-26-25(30-23-8-4-5-9-24(23)31-26)29-21-14-12-20(13-15-21)28-19-6-2-1-3-7-19/h1-17,28H,(H,29,30)(H,31,32). The van der Waals surface area contributed by atoms with Crippen molar-refractivity contribution in [1.29, 1.82) is 0 Å². The van der Waals surface area contributed by atoms with Gasteiger partial charge in [0.2, 0.25) is 0 Å². The molecule has 1 heterocycles. The number of hydrogen-bond acceptors (Lipinski definition) is 6. The lowest BCUT2D eigenvalue weighted by Gasteiger charge is -2.14. The maximum Gasteiger partial charge on any atom is 0.263 e. The molecule has 0 bridgehead atoms. The van der Waals surface area contributed by atoms with Crippen molar-refractivity contribution in [2.24, 2.45) is 0 Å². The number of hydrogen-bond donors (Lipinski definition) is 3. The van der Waals surface area contributed by atoms with Crippen LogP contribution in [-0.2, 0) is 10.0 Å². The number of nitrogens with one attached hydrogen (secondary N) is 3. The zero-order chi connectivity index (χ0) is 24.3. The van der Waals surface area contributed by atoms with Gasteiger partial charge in [-0.05, 0) is 72.8 Å². The van der Waals surface area contributed by atoms with E-state index in [0.717, 1.165) is 21.5 Å². The molecule has 4 aromatic carbocycles. The molecule has 174 valence electrons. The van der Waals surface area contributed by atoms with Gasteiger partial charge in [-0.25, -0.2) is 18.4 Å². The van der Waals surface area contributed by atoms with Crippen LogP contribution < -0.4 is 15.4 Å². The van der Waals surface area contributed by atoms with Crippen LogP contribution in [-0.4, -0.2) is 18.4 Å². The Bertz CT molecular complexity index is 1580. The van der Waals surface area contributed by atoms with Crippen molar-refractivity contribution in [3.05, 3.63) is 108 Å². The normalized spacial score (nSPS) is 11.2. The molecular formula is C26H20BrN5O2S. The van der Waals surface area contributed by atoms with Crippen LogP contribution in [0.25, 0.3) is 11.0 Å². The summed E-state index contributed by atoms with van der Waals surface area (Å²) in [5.74, 6) is 0.409. The molecule has 1 aromatic heterocycles. The Labute approximate surface area is 211 Å². The number of nitrogens with zero attached hydrogens (tertiary/aromatic N) is 2. The van der Waals surface area contributed by atoms with Crippen LogP contribution >= 0.6 is 15.9 Å². The predicted molar refractivity (Wildman–Crippen MR) is 144 cm³/mol. The van der Waals surface area contributed by atoms with E-state index >= 15 is 0 Å². The molecule has 5 rings (SSSR count). The van der Waals surface area contributed by atoms with Gasteiger partial charge in [0.15, 0.2) is 11.6 Å². The summed E-state index contributed by atoms with van der Waals surface area (Å²) in [4.78, 5) is 9.29. The van der Waals surface area contributed by atoms with Crippen molar-refractivity contribution < 1.29 is 8.42 Å². The lowest BCUT2D eigenvalue weighted by molar-refractivity contribution is 0.601. The van der Waals surface area contributed by atoms with Crippen molar-refractivity contribution in [2.45, 2.75) is 4.90 Å². The Balaban J connectivity index is 1.45. The minimum Gasteiger partial charge on any atom is -0.356 e. The number of para-hydroxylation sites is 3. The monoisotopic (exact) mass is 545 g/mol. The molecule has 0 aliphatic carbocycles. The second kappa shape index (κ2) is 9.73. The fraction of sp³-hybridized carbons (Fsp3) is 0. The highest BCUT2D eigenvalue weighted by Gasteiger charge is 2.19. The molecule has 0 atom stereocenters. The molecule has 3 N–H and O–H groups in total. The molecule has 0 amide bonds. The molecule has 0 fully saturated rings. The first kappa shape index (κ1) is 22.8. The Morgan fingerprint density at radius 3 is 1.71 bits per heavy atom. The van der Waals surface area contributed by atoms with E-state index in [0.29, 0.717) is 16.9 Å². The molecule has 5 aromatic rings.